The number of thiophene rings is 1. The summed E-state index contributed by atoms with van der Waals surface area (Å²) in [6.45, 7) is 3.41. The molecule has 2 aromatic rings. The van der Waals surface area contributed by atoms with Crippen molar-refractivity contribution in [1.29, 1.82) is 0 Å². The summed E-state index contributed by atoms with van der Waals surface area (Å²) in [5.74, 6) is 1.47. The minimum absolute atomic E-state index is 0.000630. The molecule has 0 amide bonds. The molecule has 0 bridgehead atoms. The van der Waals surface area contributed by atoms with Crippen molar-refractivity contribution in [3.63, 3.8) is 0 Å². The minimum atomic E-state index is 0.000630. The summed E-state index contributed by atoms with van der Waals surface area (Å²) in [6.07, 6.45) is 1.06. The summed E-state index contributed by atoms with van der Waals surface area (Å²) in [6, 6.07) is 7.84. The second-order valence-electron chi connectivity index (χ2n) is 5.35. The molecule has 0 spiro atoms. The predicted molar refractivity (Wildman–Crippen MR) is 102 cm³/mol. The Morgan fingerprint density at radius 3 is 2.20 bits per heavy atom. The van der Waals surface area contributed by atoms with Crippen LogP contribution >= 0.6 is 11.3 Å². The van der Waals surface area contributed by atoms with E-state index in [0.29, 0.717) is 24.0 Å². The monoisotopic (exact) mass is 363 g/mol. The van der Waals surface area contributed by atoms with Gasteiger partial charge in [0.1, 0.15) is 0 Å². The number of guanidine groups is 1. The van der Waals surface area contributed by atoms with Crippen LogP contribution in [-0.4, -0.2) is 32.3 Å². The van der Waals surface area contributed by atoms with Crippen molar-refractivity contribution < 1.29 is 14.6 Å². The van der Waals surface area contributed by atoms with Crippen molar-refractivity contribution in [3.05, 3.63) is 39.6 Å². The van der Waals surface area contributed by atoms with Crippen LogP contribution in [0.1, 0.15) is 22.2 Å². The Morgan fingerprint density at radius 1 is 1.08 bits per heavy atom. The lowest BCUT2D eigenvalue weighted by molar-refractivity contribution is 0.339. The lowest BCUT2D eigenvalue weighted by Crippen LogP contribution is -2.36. The number of ether oxygens (including phenoxy) is 2. The molecule has 0 saturated heterocycles. The summed E-state index contributed by atoms with van der Waals surface area (Å²) >= 11 is 1.81. The fourth-order valence-electron chi connectivity index (χ4n) is 2.33. The van der Waals surface area contributed by atoms with Gasteiger partial charge in [0.25, 0.3) is 0 Å². The van der Waals surface area contributed by atoms with Gasteiger partial charge in [0.2, 0.25) is 5.75 Å². The summed E-state index contributed by atoms with van der Waals surface area (Å²) < 4.78 is 10.4. The largest absolute Gasteiger partial charge is 0.502 e. The third-order valence-corrected chi connectivity index (χ3v) is 4.95. The first kappa shape index (κ1) is 18.9. The topological polar surface area (TPSA) is 75.1 Å². The van der Waals surface area contributed by atoms with E-state index < -0.39 is 0 Å². The van der Waals surface area contributed by atoms with Gasteiger partial charge in [0, 0.05) is 23.3 Å². The van der Waals surface area contributed by atoms with E-state index in [1.807, 2.05) is 0 Å². The van der Waals surface area contributed by atoms with Crippen molar-refractivity contribution >= 4 is 17.3 Å². The molecule has 0 saturated carbocycles. The molecule has 136 valence electrons. The molecular formula is C18H25N3O3S. The van der Waals surface area contributed by atoms with E-state index in [1.165, 1.54) is 24.0 Å². The first-order chi connectivity index (χ1) is 12.1. The Hall–Kier alpha value is -2.41. The summed E-state index contributed by atoms with van der Waals surface area (Å²) in [5.41, 5.74) is 0.916. The van der Waals surface area contributed by atoms with E-state index in [4.69, 9.17) is 9.47 Å². The number of nitrogens with zero attached hydrogens (tertiary/aromatic N) is 1. The van der Waals surface area contributed by atoms with Crippen LogP contribution in [0.2, 0.25) is 0 Å². The van der Waals surface area contributed by atoms with Gasteiger partial charge in [-0.25, -0.2) is 0 Å². The van der Waals surface area contributed by atoms with Crippen molar-refractivity contribution in [3.8, 4) is 17.2 Å². The van der Waals surface area contributed by atoms with Gasteiger partial charge in [-0.3, -0.25) is 4.99 Å². The van der Waals surface area contributed by atoms with Gasteiger partial charge in [-0.2, -0.15) is 0 Å². The fourth-order valence-corrected chi connectivity index (χ4v) is 3.23. The molecule has 2 rings (SSSR count). The second-order valence-corrected chi connectivity index (χ2v) is 6.60. The molecule has 6 nitrogen and oxygen atoms in total. The number of hydrogen-bond acceptors (Lipinski definition) is 5. The number of nitrogens with one attached hydrogen (secondary N) is 2. The van der Waals surface area contributed by atoms with E-state index >= 15 is 0 Å². The van der Waals surface area contributed by atoms with E-state index in [0.717, 1.165) is 18.5 Å². The molecule has 3 N–H and O–H groups in total. The van der Waals surface area contributed by atoms with Crippen LogP contribution in [0.25, 0.3) is 0 Å². The molecule has 0 aliphatic carbocycles. The molecule has 0 radical (unpaired) electrons. The van der Waals surface area contributed by atoms with Crippen molar-refractivity contribution in [2.24, 2.45) is 4.99 Å². The van der Waals surface area contributed by atoms with Crippen LogP contribution in [0.5, 0.6) is 17.2 Å². The lowest BCUT2D eigenvalue weighted by atomic mass is 10.2. The number of aromatic hydroxyl groups is 1. The molecule has 0 aliphatic heterocycles. The highest BCUT2D eigenvalue weighted by Gasteiger charge is 2.11. The van der Waals surface area contributed by atoms with Crippen molar-refractivity contribution in [2.45, 2.75) is 26.4 Å². The van der Waals surface area contributed by atoms with Crippen molar-refractivity contribution in [1.82, 2.24) is 10.6 Å². The van der Waals surface area contributed by atoms with Gasteiger partial charge in [-0.05, 0) is 36.2 Å². The molecule has 0 unspecified atom stereocenters. The first-order valence-electron chi connectivity index (χ1n) is 8.07. The Balaban J connectivity index is 1.96. The van der Waals surface area contributed by atoms with Crippen molar-refractivity contribution in [2.75, 3.05) is 21.3 Å². The number of aryl methyl sites for hydroxylation is 1. The van der Waals surface area contributed by atoms with Crippen LogP contribution in [-0.2, 0) is 19.5 Å². The number of phenolic OH excluding ortho intramolecular Hbond substituents is 1. The highest BCUT2D eigenvalue weighted by Crippen LogP contribution is 2.36. The molecule has 7 heteroatoms. The molecule has 1 aromatic heterocycles. The number of hydrogen-bond donors (Lipinski definition) is 3. The molecule has 0 aliphatic rings. The smallest absolute Gasteiger partial charge is 0.200 e. The summed E-state index contributed by atoms with van der Waals surface area (Å²) in [7, 11) is 4.76. The molecule has 1 heterocycles. The Kier molecular flexibility index (Phi) is 6.94. The predicted octanol–water partition coefficient (Wildman–Crippen LogP) is 2.90. The van der Waals surface area contributed by atoms with E-state index in [1.54, 1.807) is 30.5 Å². The molecule has 0 fully saturated rings. The zero-order valence-corrected chi connectivity index (χ0v) is 15.9. The number of rotatable bonds is 7. The molecule has 25 heavy (non-hydrogen) atoms. The van der Waals surface area contributed by atoms with Gasteiger partial charge in [0.15, 0.2) is 17.5 Å². The summed E-state index contributed by atoms with van der Waals surface area (Å²) in [5, 5.41) is 16.5. The quantitative estimate of drug-likeness (QED) is 0.521. The average molecular weight is 363 g/mol. The summed E-state index contributed by atoms with van der Waals surface area (Å²) in [4.78, 5) is 6.88. The molecular weight excluding hydrogens is 338 g/mol. The Morgan fingerprint density at radius 2 is 1.68 bits per heavy atom. The lowest BCUT2D eigenvalue weighted by Gasteiger charge is -2.14. The third kappa shape index (κ3) is 5.03. The zero-order chi connectivity index (χ0) is 18.2. The third-order valence-electron chi connectivity index (χ3n) is 3.72. The fraction of sp³-hybridized carbons (Fsp3) is 0.389. The van der Waals surface area contributed by atoms with Gasteiger partial charge in [-0.1, -0.05) is 6.92 Å². The van der Waals surface area contributed by atoms with Gasteiger partial charge in [-0.15, -0.1) is 11.3 Å². The Bertz CT molecular complexity index is 703. The van der Waals surface area contributed by atoms with Crippen LogP contribution in [0.4, 0.5) is 0 Å². The zero-order valence-electron chi connectivity index (χ0n) is 15.0. The number of aliphatic imine (C=N–C) groups is 1. The Labute approximate surface area is 152 Å². The van der Waals surface area contributed by atoms with Gasteiger partial charge < -0.3 is 25.2 Å². The maximum absolute atomic E-state index is 9.96. The van der Waals surface area contributed by atoms with Crippen LogP contribution in [0.15, 0.2) is 29.3 Å². The highest BCUT2D eigenvalue weighted by atomic mass is 32.1. The normalized spacial score (nSPS) is 11.3. The van der Waals surface area contributed by atoms with Crippen LogP contribution < -0.4 is 20.1 Å². The first-order valence-corrected chi connectivity index (χ1v) is 8.88. The van der Waals surface area contributed by atoms with Crippen LogP contribution in [0.3, 0.4) is 0 Å². The number of benzene rings is 1. The SMILES string of the molecule is CCc1ccc(CNC(=NC)NCc2cc(OC)c(O)c(OC)c2)s1. The maximum atomic E-state index is 9.96. The minimum Gasteiger partial charge on any atom is -0.502 e. The number of methoxy groups -OCH3 is 2. The van der Waals surface area contributed by atoms with Crippen LogP contribution in [0, 0.1) is 0 Å². The van der Waals surface area contributed by atoms with E-state index in [2.05, 4.69) is 34.7 Å². The van der Waals surface area contributed by atoms with Gasteiger partial charge >= 0.3 is 0 Å². The van der Waals surface area contributed by atoms with E-state index in [9.17, 15) is 5.11 Å². The van der Waals surface area contributed by atoms with Gasteiger partial charge in [0.05, 0.1) is 20.8 Å². The number of phenols is 1. The molecule has 1 aromatic carbocycles. The molecule has 0 atom stereocenters. The maximum Gasteiger partial charge on any atom is 0.200 e. The van der Waals surface area contributed by atoms with E-state index in [-0.39, 0.29) is 5.75 Å². The second kappa shape index (κ2) is 9.17. The highest BCUT2D eigenvalue weighted by molar-refractivity contribution is 7.11. The standard InChI is InChI=1S/C18H25N3O3S/c1-5-13-6-7-14(25-13)11-21-18(19-2)20-10-12-8-15(23-3)17(22)16(9-12)24-4/h6-9,22H,5,10-11H2,1-4H3,(H2,19,20,21). The average Bonchev–Trinajstić information content (AvgIpc) is 3.10.